The van der Waals surface area contributed by atoms with Gasteiger partial charge < -0.3 is 10.6 Å². The number of benzene rings is 1. The molecule has 0 bridgehead atoms. The van der Waals surface area contributed by atoms with Crippen molar-refractivity contribution in [3.8, 4) is 6.07 Å². The van der Waals surface area contributed by atoms with Crippen molar-refractivity contribution in [3.63, 3.8) is 0 Å². The number of halogens is 2. The van der Waals surface area contributed by atoms with Gasteiger partial charge in [0.25, 0.3) is 0 Å². The van der Waals surface area contributed by atoms with Crippen LogP contribution >= 0.6 is 24.0 Å². The zero-order valence-corrected chi connectivity index (χ0v) is 18.1. The Balaban J connectivity index is 0.00000338. The number of nitriles is 1. The largest absolute Gasteiger partial charge is 0.355 e. The standard InChI is InChI=1S/C19H28FN5.HI/c1-19(2,25-9-5-4-6-10-25)14-24-18(22-3)23-13-16-11-15(12-21)7-8-17(16)20;/h7-8,11H,4-6,9-10,13-14H2,1-3H3,(H2,22,23,24);1H. The molecule has 1 aromatic carbocycles. The van der Waals surface area contributed by atoms with Crippen molar-refractivity contribution >= 4 is 29.9 Å². The molecule has 1 saturated heterocycles. The molecule has 0 saturated carbocycles. The molecule has 0 radical (unpaired) electrons. The minimum absolute atomic E-state index is 0. The first-order valence-electron chi connectivity index (χ1n) is 8.84. The van der Waals surface area contributed by atoms with E-state index in [0.29, 0.717) is 17.1 Å². The second-order valence-electron chi connectivity index (χ2n) is 7.06. The number of nitrogens with one attached hydrogen (secondary N) is 2. The molecule has 1 heterocycles. The molecule has 0 amide bonds. The highest BCUT2D eigenvalue weighted by atomic mass is 127. The summed E-state index contributed by atoms with van der Waals surface area (Å²) < 4.78 is 13.9. The first kappa shape index (κ1) is 22.6. The van der Waals surface area contributed by atoms with Gasteiger partial charge in [-0.05, 0) is 58.0 Å². The van der Waals surface area contributed by atoms with Crippen LogP contribution in [0.25, 0.3) is 0 Å². The fourth-order valence-corrected chi connectivity index (χ4v) is 3.09. The summed E-state index contributed by atoms with van der Waals surface area (Å²) in [6, 6.07) is 6.40. The van der Waals surface area contributed by atoms with Crippen molar-refractivity contribution in [2.75, 3.05) is 26.7 Å². The van der Waals surface area contributed by atoms with Gasteiger partial charge in [-0.2, -0.15) is 5.26 Å². The lowest BCUT2D eigenvalue weighted by atomic mass is 9.98. The number of piperidine rings is 1. The number of nitrogens with zero attached hydrogens (tertiary/aromatic N) is 3. The van der Waals surface area contributed by atoms with E-state index in [0.717, 1.165) is 19.6 Å². The van der Waals surface area contributed by atoms with Crippen molar-refractivity contribution < 1.29 is 4.39 Å². The van der Waals surface area contributed by atoms with E-state index in [9.17, 15) is 4.39 Å². The maximum Gasteiger partial charge on any atom is 0.191 e. The molecule has 1 aliphatic heterocycles. The van der Waals surface area contributed by atoms with Gasteiger partial charge in [0.2, 0.25) is 0 Å². The summed E-state index contributed by atoms with van der Waals surface area (Å²) in [5.74, 6) is 0.308. The quantitative estimate of drug-likeness (QED) is 0.392. The van der Waals surface area contributed by atoms with E-state index in [2.05, 4.69) is 34.4 Å². The molecule has 2 N–H and O–H groups in total. The maximum atomic E-state index is 13.9. The van der Waals surface area contributed by atoms with Crippen LogP contribution in [0.5, 0.6) is 0 Å². The first-order valence-corrected chi connectivity index (χ1v) is 8.84. The molecule has 0 unspecified atom stereocenters. The summed E-state index contributed by atoms with van der Waals surface area (Å²) in [5.41, 5.74) is 0.939. The van der Waals surface area contributed by atoms with Crippen LogP contribution in [0.1, 0.15) is 44.2 Å². The number of guanidine groups is 1. The zero-order chi connectivity index (χ0) is 18.3. The molecule has 5 nitrogen and oxygen atoms in total. The van der Waals surface area contributed by atoms with Gasteiger partial charge in [0.15, 0.2) is 5.96 Å². The summed E-state index contributed by atoms with van der Waals surface area (Å²) in [6.07, 6.45) is 3.83. The van der Waals surface area contributed by atoms with E-state index in [1.807, 2.05) is 6.07 Å². The summed E-state index contributed by atoms with van der Waals surface area (Å²) >= 11 is 0. The zero-order valence-electron chi connectivity index (χ0n) is 15.8. The highest BCUT2D eigenvalue weighted by Crippen LogP contribution is 2.19. The van der Waals surface area contributed by atoms with Gasteiger partial charge in [-0.3, -0.25) is 9.89 Å². The molecule has 26 heavy (non-hydrogen) atoms. The summed E-state index contributed by atoms with van der Waals surface area (Å²) in [5, 5.41) is 15.4. The van der Waals surface area contributed by atoms with Crippen LogP contribution in [-0.4, -0.2) is 43.1 Å². The molecule has 2 rings (SSSR count). The van der Waals surface area contributed by atoms with Gasteiger partial charge in [-0.25, -0.2) is 4.39 Å². The molecule has 0 aliphatic carbocycles. The Morgan fingerprint density at radius 2 is 1.96 bits per heavy atom. The predicted octanol–water partition coefficient (Wildman–Crippen LogP) is 3.24. The lowest BCUT2D eigenvalue weighted by Crippen LogP contribution is -2.54. The monoisotopic (exact) mass is 473 g/mol. The Morgan fingerprint density at radius 1 is 1.27 bits per heavy atom. The van der Waals surface area contributed by atoms with E-state index in [-0.39, 0.29) is 41.9 Å². The van der Waals surface area contributed by atoms with Gasteiger partial charge in [0, 0.05) is 31.2 Å². The van der Waals surface area contributed by atoms with E-state index in [4.69, 9.17) is 5.26 Å². The van der Waals surface area contributed by atoms with Crippen molar-refractivity contribution in [1.82, 2.24) is 15.5 Å². The lowest BCUT2D eigenvalue weighted by molar-refractivity contribution is 0.0982. The van der Waals surface area contributed by atoms with Crippen molar-refractivity contribution in [2.24, 2.45) is 4.99 Å². The molecular weight excluding hydrogens is 444 g/mol. The Kier molecular flexibility index (Phi) is 9.30. The highest BCUT2D eigenvalue weighted by molar-refractivity contribution is 14.0. The van der Waals surface area contributed by atoms with E-state index in [1.165, 1.54) is 31.4 Å². The van der Waals surface area contributed by atoms with Crippen LogP contribution < -0.4 is 10.6 Å². The average Bonchev–Trinajstić information content (AvgIpc) is 2.64. The third-order valence-electron chi connectivity index (χ3n) is 4.75. The van der Waals surface area contributed by atoms with Crippen LogP contribution in [-0.2, 0) is 6.54 Å². The number of likely N-dealkylation sites (tertiary alicyclic amines) is 1. The summed E-state index contributed by atoms with van der Waals surface area (Å²) in [6.45, 7) is 7.77. The van der Waals surface area contributed by atoms with Crippen LogP contribution in [0.4, 0.5) is 4.39 Å². The topological polar surface area (TPSA) is 63.5 Å². The Morgan fingerprint density at radius 3 is 2.58 bits per heavy atom. The maximum absolute atomic E-state index is 13.9. The normalized spacial score (nSPS) is 15.7. The first-order chi connectivity index (χ1) is 12.0. The molecular formula is C19H29FIN5. The number of aliphatic imine (C=N–C) groups is 1. The van der Waals surface area contributed by atoms with Crippen LogP contribution in [0.15, 0.2) is 23.2 Å². The minimum atomic E-state index is -0.324. The highest BCUT2D eigenvalue weighted by Gasteiger charge is 2.27. The van der Waals surface area contributed by atoms with Crippen LogP contribution in [0, 0.1) is 17.1 Å². The third-order valence-corrected chi connectivity index (χ3v) is 4.75. The Labute approximate surface area is 173 Å². The van der Waals surface area contributed by atoms with Crippen LogP contribution in [0.3, 0.4) is 0 Å². The average molecular weight is 473 g/mol. The summed E-state index contributed by atoms with van der Waals surface area (Å²) in [4.78, 5) is 6.72. The van der Waals surface area contributed by atoms with E-state index < -0.39 is 0 Å². The van der Waals surface area contributed by atoms with Crippen LogP contribution in [0.2, 0.25) is 0 Å². The molecule has 0 spiro atoms. The van der Waals surface area contributed by atoms with Gasteiger partial charge in [-0.1, -0.05) is 6.42 Å². The number of hydrogen-bond donors (Lipinski definition) is 2. The van der Waals surface area contributed by atoms with Gasteiger partial charge in [0.1, 0.15) is 5.82 Å². The van der Waals surface area contributed by atoms with E-state index in [1.54, 1.807) is 13.1 Å². The molecule has 1 aliphatic rings. The molecule has 1 aromatic rings. The molecule has 7 heteroatoms. The molecule has 1 fully saturated rings. The molecule has 0 atom stereocenters. The SMILES string of the molecule is CN=C(NCc1cc(C#N)ccc1F)NCC(C)(C)N1CCCCC1.I. The van der Waals surface area contributed by atoms with Gasteiger partial charge >= 0.3 is 0 Å². The molecule has 144 valence electrons. The smallest absolute Gasteiger partial charge is 0.191 e. The second-order valence-corrected chi connectivity index (χ2v) is 7.06. The molecule has 0 aromatic heterocycles. The van der Waals surface area contributed by atoms with Crippen molar-refractivity contribution in [1.29, 1.82) is 5.26 Å². The van der Waals surface area contributed by atoms with Crippen molar-refractivity contribution in [3.05, 3.63) is 35.1 Å². The van der Waals surface area contributed by atoms with E-state index >= 15 is 0 Å². The predicted molar refractivity (Wildman–Crippen MR) is 114 cm³/mol. The fourth-order valence-electron chi connectivity index (χ4n) is 3.09. The second kappa shape index (κ2) is 10.7. The lowest BCUT2D eigenvalue weighted by Gasteiger charge is -2.41. The number of rotatable bonds is 5. The van der Waals surface area contributed by atoms with Gasteiger partial charge in [0.05, 0.1) is 11.6 Å². The van der Waals surface area contributed by atoms with Gasteiger partial charge in [-0.15, -0.1) is 24.0 Å². The van der Waals surface area contributed by atoms with Crippen molar-refractivity contribution in [2.45, 2.75) is 45.2 Å². The minimum Gasteiger partial charge on any atom is -0.355 e. The third kappa shape index (κ3) is 6.40. The number of hydrogen-bond acceptors (Lipinski definition) is 3. The Bertz CT molecular complexity index is 648. The fraction of sp³-hybridized carbons (Fsp3) is 0.579. The summed E-state index contributed by atoms with van der Waals surface area (Å²) in [7, 11) is 1.70. The Hall–Kier alpha value is -1.40.